The third-order valence-corrected chi connectivity index (χ3v) is 6.90. The summed E-state index contributed by atoms with van der Waals surface area (Å²) in [6.07, 6.45) is 2.36. The summed E-state index contributed by atoms with van der Waals surface area (Å²) < 4.78 is 9.88. The van der Waals surface area contributed by atoms with Crippen LogP contribution in [-0.2, 0) is 19.1 Å². The molecule has 0 spiro atoms. The van der Waals surface area contributed by atoms with E-state index in [-0.39, 0.29) is 29.5 Å². The molecule has 0 aliphatic rings. The number of pyridine rings is 1. The number of aromatic nitrogens is 1. The number of carboxylic acids is 1. The number of carbonyl (C=O) groups excluding carboxylic acids is 3. The van der Waals surface area contributed by atoms with Gasteiger partial charge in [-0.3, -0.25) is 14.9 Å². The van der Waals surface area contributed by atoms with Crippen LogP contribution in [0.4, 0.5) is 15.3 Å². The Morgan fingerprint density at radius 1 is 1.08 bits per heavy atom. The molecule has 0 aromatic carbocycles. The highest BCUT2D eigenvalue weighted by atomic mass is 33.1. The zero-order chi connectivity index (χ0) is 28.3. The first-order valence-corrected chi connectivity index (χ1v) is 14.3. The summed E-state index contributed by atoms with van der Waals surface area (Å²) in [4.78, 5) is 62.7. The van der Waals surface area contributed by atoms with Crippen molar-refractivity contribution in [2.75, 3.05) is 25.5 Å². The van der Waals surface area contributed by atoms with Gasteiger partial charge < -0.3 is 30.5 Å². The smallest absolute Gasteiger partial charge is 0.407 e. The molecule has 0 radical (unpaired) electrons. The lowest BCUT2D eigenvalue weighted by molar-refractivity contribution is -0.388. The van der Waals surface area contributed by atoms with Crippen LogP contribution >= 0.6 is 21.6 Å². The first kappa shape index (κ1) is 32.8. The minimum absolute atomic E-state index is 0.100. The van der Waals surface area contributed by atoms with E-state index in [4.69, 9.17) is 9.47 Å². The first-order chi connectivity index (χ1) is 18.2. The Bertz CT molecular complexity index is 938. The zero-order valence-corrected chi connectivity index (χ0v) is 22.8. The minimum Gasteiger partial charge on any atom is -0.480 e. The monoisotopic (exact) mass is 575 g/mol. The van der Waals surface area contributed by atoms with Crippen LogP contribution in [0, 0.1) is 10.1 Å². The molecule has 14 nitrogen and oxygen atoms in total. The molecule has 1 aromatic rings. The van der Waals surface area contributed by atoms with E-state index in [1.54, 1.807) is 0 Å². The van der Waals surface area contributed by atoms with Gasteiger partial charge in [0.25, 0.3) is 0 Å². The Balaban J connectivity index is 2.70. The van der Waals surface area contributed by atoms with Crippen molar-refractivity contribution in [2.45, 2.75) is 63.1 Å². The van der Waals surface area contributed by atoms with E-state index in [0.717, 1.165) is 21.6 Å². The van der Waals surface area contributed by atoms with Gasteiger partial charge in [0, 0.05) is 24.6 Å². The lowest BCUT2D eigenvalue weighted by Gasteiger charge is -2.21. The third-order valence-electron chi connectivity index (χ3n) is 4.61. The Kier molecular flexibility index (Phi) is 16.3. The summed E-state index contributed by atoms with van der Waals surface area (Å²) in [5.41, 5.74) is -0.219. The van der Waals surface area contributed by atoms with Crippen molar-refractivity contribution in [3.8, 4) is 0 Å². The summed E-state index contributed by atoms with van der Waals surface area (Å²) in [5, 5.41) is 28.2. The highest BCUT2D eigenvalue weighted by Gasteiger charge is 2.27. The molecule has 0 fully saturated rings. The van der Waals surface area contributed by atoms with Gasteiger partial charge >= 0.3 is 23.8 Å². The molecule has 0 aliphatic carbocycles. The fraction of sp³-hybridized carbons (Fsp3) is 0.591. The molecule has 0 bridgehead atoms. The normalized spacial score (nSPS) is 12.1. The average Bonchev–Trinajstić information content (AvgIpc) is 2.89. The molecule has 1 rings (SSSR count). The van der Waals surface area contributed by atoms with Gasteiger partial charge in [0.05, 0.1) is 18.1 Å². The molecular weight excluding hydrogens is 542 g/mol. The number of carbonyl (C=O) groups is 4. The number of hydrogen-bond donors (Lipinski definition) is 4. The summed E-state index contributed by atoms with van der Waals surface area (Å²) in [6.45, 7) is 4.43. The van der Waals surface area contributed by atoms with Gasteiger partial charge in [0.2, 0.25) is 5.91 Å². The SMILES string of the molecule is CCCOC(=O)NCCCCC(NC(=O)OCCC)C(=O)NC(CSSc1ncccc1[N+](=O)[O-])C(=O)O. The van der Waals surface area contributed by atoms with E-state index in [2.05, 4.69) is 20.9 Å². The summed E-state index contributed by atoms with van der Waals surface area (Å²) in [6, 6.07) is 0.278. The van der Waals surface area contributed by atoms with Crippen LogP contribution in [0.15, 0.2) is 23.4 Å². The summed E-state index contributed by atoms with van der Waals surface area (Å²) in [5.74, 6) is -2.17. The van der Waals surface area contributed by atoms with Gasteiger partial charge in [0.1, 0.15) is 12.1 Å². The van der Waals surface area contributed by atoms with Gasteiger partial charge in [-0.05, 0) is 49.0 Å². The van der Waals surface area contributed by atoms with E-state index in [0.29, 0.717) is 38.8 Å². The number of nitrogens with zero attached hydrogens (tertiary/aromatic N) is 2. The summed E-state index contributed by atoms with van der Waals surface area (Å²) >= 11 is 0. The average molecular weight is 576 g/mol. The Morgan fingerprint density at radius 2 is 1.76 bits per heavy atom. The number of alkyl carbamates (subject to hydrolysis) is 2. The second-order valence-electron chi connectivity index (χ2n) is 7.74. The van der Waals surface area contributed by atoms with Crippen molar-refractivity contribution >= 4 is 51.3 Å². The molecule has 38 heavy (non-hydrogen) atoms. The lowest BCUT2D eigenvalue weighted by atomic mass is 10.1. The van der Waals surface area contributed by atoms with E-state index < -0.39 is 41.1 Å². The second kappa shape index (κ2) is 18.9. The highest BCUT2D eigenvalue weighted by Crippen LogP contribution is 2.35. The molecule has 1 aromatic heterocycles. The first-order valence-electron chi connectivity index (χ1n) is 12.0. The number of nitro groups is 1. The van der Waals surface area contributed by atoms with Crippen LogP contribution in [0.2, 0.25) is 0 Å². The fourth-order valence-electron chi connectivity index (χ4n) is 2.75. The van der Waals surface area contributed by atoms with E-state index >= 15 is 0 Å². The number of carboxylic acid groups (broad SMARTS) is 1. The molecule has 212 valence electrons. The molecular formula is C22H33N5O9S2. The minimum atomic E-state index is -1.34. The third kappa shape index (κ3) is 13.3. The maximum Gasteiger partial charge on any atom is 0.407 e. The molecule has 4 N–H and O–H groups in total. The maximum atomic E-state index is 12.9. The van der Waals surface area contributed by atoms with Gasteiger partial charge in [0.15, 0.2) is 5.03 Å². The summed E-state index contributed by atoms with van der Waals surface area (Å²) in [7, 11) is 1.89. The Labute approximate surface area is 227 Å². The fourth-order valence-corrected chi connectivity index (χ4v) is 4.95. The van der Waals surface area contributed by atoms with Gasteiger partial charge in [-0.15, -0.1) is 0 Å². The van der Waals surface area contributed by atoms with Crippen LogP contribution in [0.3, 0.4) is 0 Å². The van der Waals surface area contributed by atoms with Crippen LogP contribution < -0.4 is 16.0 Å². The Morgan fingerprint density at radius 3 is 2.39 bits per heavy atom. The lowest BCUT2D eigenvalue weighted by Crippen LogP contribution is -2.52. The van der Waals surface area contributed by atoms with Crippen molar-refractivity contribution in [2.24, 2.45) is 0 Å². The van der Waals surface area contributed by atoms with Crippen LogP contribution in [0.5, 0.6) is 0 Å². The number of rotatable bonds is 18. The molecule has 2 atom stereocenters. The molecule has 0 aliphatic heterocycles. The number of hydrogen-bond acceptors (Lipinski definition) is 11. The standard InChI is InChI=1S/C22H33N5O9S2/c1-3-12-35-21(31)24-10-6-5-8-15(26-22(32)36-13-4-2)18(28)25-16(20(29)30)14-37-38-19-17(27(33)34)9-7-11-23-19/h7,9,11,15-16H,3-6,8,10,12-14H2,1-2H3,(H,24,31)(H,25,28)(H,26,32)(H,29,30). The van der Waals surface area contributed by atoms with Crippen molar-refractivity contribution in [1.82, 2.24) is 20.9 Å². The zero-order valence-electron chi connectivity index (χ0n) is 21.2. The molecule has 16 heteroatoms. The van der Waals surface area contributed by atoms with E-state index in [9.17, 15) is 34.4 Å². The van der Waals surface area contributed by atoms with Crippen LogP contribution in [0.1, 0.15) is 46.0 Å². The number of aliphatic carboxylic acids is 1. The second-order valence-corrected chi connectivity index (χ2v) is 10.1. The van der Waals surface area contributed by atoms with E-state index in [1.165, 1.54) is 18.3 Å². The predicted molar refractivity (Wildman–Crippen MR) is 141 cm³/mol. The van der Waals surface area contributed by atoms with Crippen molar-refractivity contribution < 1.29 is 38.7 Å². The van der Waals surface area contributed by atoms with Gasteiger partial charge in [-0.25, -0.2) is 19.4 Å². The van der Waals surface area contributed by atoms with Crippen molar-refractivity contribution in [3.05, 3.63) is 28.4 Å². The van der Waals surface area contributed by atoms with Crippen molar-refractivity contribution in [1.29, 1.82) is 0 Å². The maximum absolute atomic E-state index is 12.9. The largest absolute Gasteiger partial charge is 0.480 e. The molecule has 0 saturated heterocycles. The molecule has 1 heterocycles. The van der Waals surface area contributed by atoms with Gasteiger partial charge in [-0.1, -0.05) is 24.6 Å². The quantitative estimate of drug-likeness (QED) is 0.0864. The van der Waals surface area contributed by atoms with Crippen LogP contribution in [0.25, 0.3) is 0 Å². The predicted octanol–water partition coefficient (Wildman–Crippen LogP) is 3.11. The van der Waals surface area contributed by atoms with Gasteiger partial charge in [-0.2, -0.15) is 0 Å². The van der Waals surface area contributed by atoms with Crippen LogP contribution in [-0.4, -0.2) is 76.7 Å². The molecule has 2 unspecified atom stereocenters. The van der Waals surface area contributed by atoms with E-state index in [1.807, 2.05) is 13.8 Å². The topological polar surface area (TPSA) is 199 Å². The van der Waals surface area contributed by atoms with Crippen molar-refractivity contribution in [3.63, 3.8) is 0 Å². The Hall–Kier alpha value is -3.27. The number of nitrogens with one attached hydrogen (secondary N) is 3. The highest BCUT2D eigenvalue weighted by molar-refractivity contribution is 8.76. The molecule has 3 amide bonds. The number of amides is 3. The number of ether oxygens (including phenoxy) is 2. The molecule has 0 saturated carbocycles. The number of unbranched alkanes of at least 4 members (excludes halogenated alkanes) is 1.